The fourth-order valence-corrected chi connectivity index (χ4v) is 2.66. The number of anilines is 1. The number of hydrogen-bond acceptors (Lipinski definition) is 4. The van der Waals surface area contributed by atoms with E-state index in [2.05, 4.69) is 11.4 Å². The van der Waals surface area contributed by atoms with Crippen LogP contribution in [0.2, 0.25) is 0 Å². The van der Waals surface area contributed by atoms with E-state index < -0.39 is 0 Å². The molecule has 0 aromatic heterocycles. The monoisotopic (exact) mass is 244 g/mol. The van der Waals surface area contributed by atoms with E-state index >= 15 is 0 Å². The molecule has 2 unspecified atom stereocenters. The van der Waals surface area contributed by atoms with Crippen LogP contribution in [0, 0.1) is 17.2 Å². The topological polar surface area (TPSA) is 54.3 Å². The summed E-state index contributed by atoms with van der Waals surface area (Å²) < 4.78 is 10.6. The summed E-state index contributed by atoms with van der Waals surface area (Å²) in [7, 11) is 0. The fourth-order valence-electron chi connectivity index (χ4n) is 2.66. The van der Waals surface area contributed by atoms with Gasteiger partial charge in [-0.1, -0.05) is 12.8 Å². The number of nitrogens with zero attached hydrogens (tertiary/aromatic N) is 1. The molecule has 2 atom stereocenters. The first kappa shape index (κ1) is 11.2. The van der Waals surface area contributed by atoms with Crippen LogP contribution in [0.4, 0.5) is 5.69 Å². The first-order valence-electron chi connectivity index (χ1n) is 6.42. The lowest BCUT2D eigenvalue weighted by Crippen LogP contribution is -2.31. The van der Waals surface area contributed by atoms with Crippen LogP contribution in [0.3, 0.4) is 0 Å². The third kappa shape index (κ3) is 2.08. The number of benzene rings is 1. The van der Waals surface area contributed by atoms with Crippen molar-refractivity contribution in [3.63, 3.8) is 0 Å². The van der Waals surface area contributed by atoms with Crippen LogP contribution < -0.4 is 14.8 Å². The predicted octanol–water partition coefficient (Wildman–Crippen LogP) is 2.91. The molecule has 18 heavy (non-hydrogen) atoms. The zero-order chi connectivity index (χ0) is 12.4. The molecular weight excluding hydrogens is 228 g/mol. The van der Waals surface area contributed by atoms with Crippen LogP contribution >= 0.6 is 0 Å². The maximum absolute atomic E-state index is 9.16. The highest BCUT2D eigenvalue weighted by Crippen LogP contribution is 2.35. The molecule has 2 aliphatic rings. The molecule has 0 bridgehead atoms. The number of hydrogen-bond donors (Lipinski definition) is 1. The molecule has 3 rings (SSSR count). The molecule has 94 valence electrons. The molecule has 1 aliphatic heterocycles. The SMILES string of the molecule is N#CC1CCCCC1Nc1ccc2c(c1)OCO2. The van der Waals surface area contributed by atoms with Crippen molar-refractivity contribution in [2.45, 2.75) is 31.7 Å². The Kier molecular flexibility index (Phi) is 2.97. The summed E-state index contributed by atoms with van der Waals surface area (Å²) in [5.41, 5.74) is 1.01. The van der Waals surface area contributed by atoms with Crippen molar-refractivity contribution in [2.24, 2.45) is 5.92 Å². The van der Waals surface area contributed by atoms with Gasteiger partial charge in [-0.3, -0.25) is 0 Å². The molecule has 1 heterocycles. The van der Waals surface area contributed by atoms with Crippen LogP contribution in [0.1, 0.15) is 25.7 Å². The zero-order valence-corrected chi connectivity index (χ0v) is 10.2. The van der Waals surface area contributed by atoms with Gasteiger partial charge in [0.15, 0.2) is 11.5 Å². The fraction of sp³-hybridized carbons (Fsp3) is 0.500. The molecule has 1 aromatic carbocycles. The molecule has 1 aromatic rings. The Balaban J connectivity index is 1.74. The Morgan fingerprint density at radius 2 is 2.00 bits per heavy atom. The highest BCUT2D eigenvalue weighted by Gasteiger charge is 2.25. The molecule has 1 aliphatic carbocycles. The van der Waals surface area contributed by atoms with Gasteiger partial charge >= 0.3 is 0 Å². The smallest absolute Gasteiger partial charge is 0.231 e. The quantitative estimate of drug-likeness (QED) is 0.869. The average Bonchev–Trinajstić information content (AvgIpc) is 2.87. The van der Waals surface area contributed by atoms with Gasteiger partial charge in [-0.05, 0) is 25.0 Å². The molecule has 0 saturated heterocycles. The van der Waals surface area contributed by atoms with E-state index in [0.717, 1.165) is 36.4 Å². The molecule has 1 saturated carbocycles. The van der Waals surface area contributed by atoms with Crippen LogP contribution in [0.15, 0.2) is 18.2 Å². The van der Waals surface area contributed by atoms with Gasteiger partial charge in [0.25, 0.3) is 0 Å². The Morgan fingerprint density at radius 1 is 1.17 bits per heavy atom. The molecule has 4 nitrogen and oxygen atoms in total. The van der Waals surface area contributed by atoms with Gasteiger partial charge in [-0.2, -0.15) is 5.26 Å². The molecular formula is C14H16N2O2. The Labute approximate surface area is 107 Å². The summed E-state index contributed by atoms with van der Waals surface area (Å²) in [5.74, 6) is 1.69. The van der Waals surface area contributed by atoms with Gasteiger partial charge in [-0.25, -0.2) is 0 Å². The highest BCUT2D eigenvalue weighted by molar-refractivity contribution is 5.56. The van der Waals surface area contributed by atoms with E-state index in [-0.39, 0.29) is 12.0 Å². The van der Waals surface area contributed by atoms with Gasteiger partial charge in [0.2, 0.25) is 6.79 Å². The van der Waals surface area contributed by atoms with E-state index in [4.69, 9.17) is 14.7 Å². The second kappa shape index (κ2) is 4.77. The predicted molar refractivity (Wildman–Crippen MR) is 67.5 cm³/mol. The van der Waals surface area contributed by atoms with E-state index in [9.17, 15) is 0 Å². The number of nitriles is 1. The minimum Gasteiger partial charge on any atom is -0.454 e. The van der Waals surface area contributed by atoms with Crippen LogP contribution in [-0.4, -0.2) is 12.8 Å². The Bertz CT molecular complexity index is 481. The number of ether oxygens (including phenoxy) is 2. The van der Waals surface area contributed by atoms with E-state index in [1.54, 1.807) is 0 Å². The van der Waals surface area contributed by atoms with Crippen LogP contribution in [0.5, 0.6) is 11.5 Å². The average molecular weight is 244 g/mol. The van der Waals surface area contributed by atoms with E-state index in [0.29, 0.717) is 6.79 Å². The second-order valence-corrected chi connectivity index (χ2v) is 4.84. The van der Waals surface area contributed by atoms with Crippen LogP contribution in [-0.2, 0) is 0 Å². The highest BCUT2D eigenvalue weighted by atomic mass is 16.7. The van der Waals surface area contributed by atoms with Crippen molar-refractivity contribution < 1.29 is 9.47 Å². The van der Waals surface area contributed by atoms with Crippen LogP contribution in [0.25, 0.3) is 0 Å². The molecule has 1 fully saturated rings. The summed E-state index contributed by atoms with van der Waals surface area (Å²) in [5, 5.41) is 12.6. The zero-order valence-electron chi connectivity index (χ0n) is 10.2. The van der Waals surface area contributed by atoms with Gasteiger partial charge in [-0.15, -0.1) is 0 Å². The third-order valence-electron chi connectivity index (χ3n) is 3.66. The molecule has 1 N–H and O–H groups in total. The standard InChI is InChI=1S/C14H16N2O2/c15-8-10-3-1-2-4-12(10)16-11-5-6-13-14(7-11)18-9-17-13/h5-7,10,12,16H,1-4,9H2. The normalized spacial score (nSPS) is 25.5. The van der Waals surface area contributed by atoms with Crippen molar-refractivity contribution in [3.05, 3.63) is 18.2 Å². The summed E-state index contributed by atoms with van der Waals surface area (Å²) in [6, 6.07) is 8.51. The summed E-state index contributed by atoms with van der Waals surface area (Å²) in [6.45, 7) is 0.295. The lowest BCUT2D eigenvalue weighted by atomic mass is 9.85. The summed E-state index contributed by atoms with van der Waals surface area (Å²) in [4.78, 5) is 0. The minimum atomic E-state index is 0.115. The van der Waals surface area contributed by atoms with Crippen molar-refractivity contribution in [2.75, 3.05) is 12.1 Å². The third-order valence-corrected chi connectivity index (χ3v) is 3.66. The maximum Gasteiger partial charge on any atom is 0.231 e. The van der Waals surface area contributed by atoms with Crippen molar-refractivity contribution in [3.8, 4) is 17.6 Å². The molecule has 0 amide bonds. The van der Waals surface area contributed by atoms with Gasteiger partial charge in [0.1, 0.15) is 0 Å². The number of fused-ring (bicyclic) bond motifs is 1. The van der Waals surface area contributed by atoms with Gasteiger partial charge < -0.3 is 14.8 Å². The number of nitrogens with one attached hydrogen (secondary N) is 1. The summed E-state index contributed by atoms with van der Waals surface area (Å²) >= 11 is 0. The lowest BCUT2D eigenvalue weighted by molar-refractivity contribution is 0.174. The first-order chi connectivity index (χ1) is 8.86. The summed E-state index contributed by atoms with van der Waals surface area (Å²) in [6.07, 6.45) is 4.42. The van der Waals surface area contributed by atoms with Crippen molar-refractivity contribution in [1.29, 1.82) is 5.26 Å². The molecule has 4 heteroatoms. The largest absolute Gasteiger partial charge is 0.454 e. The van der Waals surface area contributed by atoms with E-state index in [1.165, 1.54) is 6.42 Å². The Morgan fingerprint density at radius 3 is 2.89 bits per heavy atom. The van der Waals surface area contributed by atoms with Crippen molar-refractivity contribution in [1.82, 2.24) is 0 Å². The minimum absolute atomic E-state index is 0.115. The van der Waals surface area contributed by atoms with Gasteiger partial charge in [0.05, 0.1) is 12.0 Å². The maximum atomic E-state index is 9.16. The van der Waals surface area contributed by atoms with Gasteiger partial charge in [0, 0.05) is 17.8 Å². The second-order valence-electron chi connectivity index (χ2n) is 4.84. The molecule has 0 spiro atoms. The Hall–Kier alpha value is -1.89. The molecule has 0 radical (unpaired) electrons. The number of rotatable bonds is 2. The van der Waals surface area contributed by atoms with Crippen molar-refractivity contribution >= 4 is 5.69 Å². The first-order valence-corrected chi connectivity index (χ1v) is 6.42. The van der Waals surface area contributed by atoms with E-state index in [1.807, 2.05) is 18.2 Å². The lowest BCUT2D eigenvalue weighted by Gasteiger charge is -2.28.